The molecule has 1 aliphatic rings. The molecule has 21 heavy (non-hydrogen) atoms. The van der Waals surface area contributed by atoms with Crippen LogP contribution in [0, 0.1) is 5.82 Å². The fourth-order valence-electron chi connectivity index (χ4n) is 2.08. The molecule has 1 heterocycles. The molecule has 2 N–H and O–H groups in total. The summed E-state index contributed by atoms with van der Waals surface area (Å²) in [5, 5.41) is 11.5. The Labute approximate surface area is 119 Å². The van der Waals surface area contributed by atoms with Crippen molar-refractivity contribution in [3.05, 3.63) is 30.1 Å². The van der Waals surface area contributed by atoms with Gasteiger partial charge in [-0.3, -0.25) is 14.6 Å². The van der Waals surface area contributed by atoms with Gasteiger partial charge in [0.1, 0.15) is 18.4 Å². The van der Waals surface area contributed by atoms with Crippen LogP contribution in [-0.2, 0) is 9.59 Å². The Morgan fingerprint density at radius 3 is 2.71 bits per heavy atom. The Morgan fingerprint density at radius 1 is 1.43 bits per heavy atom. The van der Waals surface area contributed by atoms with E-state index < -0.39 is 29.8 Å². The van der Waals surface area contributed by atoms with Crippen LogP contribution in [0.25, 0.3) is 0 Å². The second-order valence-electron chi connectivity index (χ2n) is 4.58. The third-order valence-corrected chi connectivity index (χ3v) is 3.21. The lowest BCUT2D eigenvalue weighted by Gasteiger charge is -2.35. The van der Waals surface area contributed by atoms with Crippen LogP contribution in [0.3, 0.4) is 0 Å². The Kier molecular flexibility index (Phi) is 4.06. The zero-order chi connectivity index (χ0) is 15.6. The fraction of sp³-hybridized carbons (Fsp3) is 0.308. The van der Waals surface area contributed by atoms with E-state index in [2.05, 4.69) is 5.32 Å². The lowest BCUT2D eigenvalue weighted by atomic mass is 10.2. The second-order valence-corrected chi connectivity index (χ2v) is 4.58. The molecule has 0 aromatic heterocycles. The number of rotatable bonds is 2. The Balaban J connectivity index is 2.26. The van der Waals surface area contributed by atoms with E-state index in [-0.39, 0.29) is 18.8 Å². The molecule has 0 aliphatic carbocycles. The van der Waals surface area contributed by atoms with Crippen molar-refractivity contribution in [1.29, 1.82) is 0 Å². The first-order chi connectivity index (χ1) is 9.91. The number of anilines is 1. The number of hydrogen-bond donors (Lipinski definition) is 2. The molecule has 1 saturated heterocycles. The molecular formula is C13H14FN3O4. The number of nitrogens with zero attached hydrogens (tertiary/aromatic N) is 2. The average molecular weight is 295 g/mol. The number of amides is 3. The van der Waals surface area contributed by atoms with Gasteiger partial charge in [-0.2, -0.15) is 0 Å². The van der Waals surface area contributed by atoms with Gasteiger partial charge in [-0.1, -0.05) is 12.1 Å². The minimum absolute atomic E-state index is 0.0117. The van der Waals surface area contributed by atoms with Crippen molar-refractivity contribution in [2.75, 3.05) is 25.0 Å². The molecule has 2 rings (SSSR count). The van der Waals surface area contributed by atoms with Gasteiger partial charge in [0.15, 0.2) is 0 Å². The summed E-state index contributed by atoms with van der Waals surface area (Å²) in [6.45, 7) is -0.556. The van der Waals surface area contributed by atoms with E-state index in [4.69, 9.17) is 5.11 Å². The summed E-state index contributed by atoms with van der Waals surface area (Å²) in [5.41, 5.74) is 0.0117. The zero-order valence-electron chi connectivity index (χ0n) is 11.2. The highest BCUT2D eigenvalue weighted by molar-refractivity contribution is 5.97. The maximum absolute atomic E-state index is 13.7. The molecule has 0 saturated carbocycles. The quantitative estimate of drug-likeness (QED) is 0.819. The molecule has 1 unspecified atom stereocenters. The molecule has 8 heteroatoms. The fourth-order valence-corrected chi connectivity index (χ4v) is 2.08. The van der Waals surface area contributed by atoms with E-state index in [1.165, 1.54) is 25.2 Å². The van der Waals surface area contributed by atoms with Crippen molar-refractivity contribution in [2.45, 2.75) is 6.04 Å². The van der Waals surface area contributed by atoms with Gasteiger partial charge < -0.3 is 10.4 Å². The molecule has 1 fully saturated rings. The smallest absolute Gasteiger partial charge is 0.328 e. The molecule has 7 nitrogen and oxygen atoms in total. The summed E-state index contributed by atoms with van der Waals surface area (Å²) in [7, 11) is 1.33. The van der Waals surface area contributed by atoms with Gasteiger partial charge in [0.05, 0.1) is 5.69 Å². The monoisotopic (exact) mass is 295 g/mol. The maximum atomic E-state index is 13.7. The van der Waals surface area contributed by atoms with E-state index in [9.17, 15) is 18.8 Å². The molecule has 1 atom stereocenters. The number of carbonyl (C=O) groups is 3. The number of carbonyl (C=O) groups excluding carboxylic acids is 2. The number of urea groups is 1. The average Bonchev–Trinajstić information content (AvgIpc) is 2.45. The number of para-hydroxylation sites is 1. The molecule has 0 radical (unpaired) electrons. The first-order valence-corrected chi connectivity index (χ1v) is 6.20. The highest BCUT2D eigenvalue weighted by Gasteiger charge is 2.37. The summed E-state index contributed by atoms with van der Waals surface area (Å²) in [4.78, 5) is 36.8. The Morgan fingerprint density at radius 2 is 2.10 bits per heavy atom. The minimum Gasteiger partial charge on any atom is -0.480 e. The van der Waals surface area contributed by atoms with Crippen LogP contribution >= 0.6 is 0 Å². The van der Waals surface area contributed by atoms with Crippen molar-refractivity contribution in [3.63, 3.8) is 0 Å². The van der Waals surface area contributed by atoms with Gasteiger partial charge in [-0.25, -0.2) is 14.0 Å². The van der Waals surface area contributed by atoms with Gasteiger partial charge in [-0.15, -0.1) is 0 Å². The normalized spacial score (nSPS) is 18.1. The predicted octanol–water partition coefficient (Wildman–Crippen LogP) is 0.267. The zero-order valence-corrected chi connectivity index (χ0v) is 11.2. The predicted molar refractivity (Wildman–Crippen MR) is 71.3 cm³/mol. The highest BCUT2D eigenvalue weighted by atomic mass is 19.1. The lowest BCUT2D eigenvalue weighted by molar-refractivity contribution is -0.144. The third kappa shape index (κ3) is 2.93. The Hall–Kier alpha value is -2.64. The topological polar surface area (TPSA) is 90.0 Å². The number of carboxylic acid groups (broad SMARTS) is 1. The van der Waals surface area contributed by atoms with Crippen LogP contribution in [-0.4, -0.2) is 54.1 Å². The van der Waals surface area contributed by atoms with Crippen LogP contribution < -0.4 is 10.2 Å². The number of halogens is 1. The highest BCUT2D eigenvalue weighted by Crippen LogP contribution is 2.19. The number of benzene rings is 1. The number of aliphatic carboxylic acids is 1. The van der Waals surface area contributed by atoms with Crippen molar-refractivity contribution in [2.24, 2.45) is 0 Å². The number of hydrogen-bond acceptors (Lipinski definition) is 3. The minimum atomic E-state index is -1.23. The van der Waals surface area contributed by atoms with Crippen molar-refractivity contribution in [1.82, 2.24) is 10.2 Å². The van der Waals surface area contributed by atoms with E-state index in [1.807, 2.05) is 0 Å². The van der Waals surface area contributed by atoms with Gasteiger partial charge in [0.25, 0.3) is 0 Å². The van der Waals surface area contributed by atoms with E-state index in [0.717, 1.165) is 9.80 Å². The lowest BCUT2D eigenvalue weighted by Crippen LogP contribution is -2.61. The van der Waals surface area contributed by atoms with Gasteiger partial charge in [-0.05, 0) is 12.1 Å². The standard InChI is InChI=1S/C13H14FN3O4/c1-16(9-5-3-2-4-8(9)14)13(21)17-7-11(18)15-6-10(17)12(19)20/h2-5,10H,6-7H2,1H3,(H,15,18)(H,19,20). The first kappa shape index (κ1) is 14.8. The van der Waals surface area contributed by atoms with Crippen LogP contribution in [0.15, 0.2) is 24.3 Å². The number of nitrogens with one attached hydrogen (secondary N) is 1. The van der Waals surface area contributed by atoms with E-state index in [1.54, 1.807) is 6.07 Å². The van der Waals surface area contributed by atoms with Crippen LogP contribution in [0.1, 0.15) is 0 Å². The number of carboxylic acids is 1. The van der Waals surface area contributed by atoms with Crippen LogP contribution in [0.2, 0.25) is 0 Å². The molecule has 1 aliphatic heterocycles. The van der Waals surface area contributed by atoms with Crippen molar-refractivity contribution < 1.29 is 23.9 Å². The van der Waals surface area contributed by atoms with Crippen LogP contribution in [0.4, 0.5) is 14.9 Å². The maximum Gasteiger partial charge on any atom is 0.328 e. The summed E-state index contributed by atoms with van der Waals surface area (Å²) in [5.74, 6) is -2.30. The summed E-state index contributed by atoms with van der Waals surface area (Å²) < 4.78 is 13.7. The van der Waals surface area contributed by atoms with Crippen LogP contribution in [0.5, 0.6) is 0 Å². The largest absolute Gasteiger partial charge is 0.480 e. The van der Waals surface area contributed by atoms with E-state index in [0.29, 0.717) is 0 Å². The molecule has 1 aromatic rings. The van der Waals surface area contributed by atoms with Gasteiger partial charge >= 0.3 is 12.0 Å². The molecular weight excluding hydrogens is 281 g/mol. The Bertz CT molecular complexity index is 593. The number of piperazine rings is 1. The SMILES string of the molecule is CN(C(=O)N1CC(=O)NCC1C(=O)O)c1ccccc1F. The molecule has 112 valence electrons. The van der Waals surface area contributed by atoms with Gasteiger partial charge in [0, 0.05) is 13.6 Å². The van der Waals surface area contributed by atoms with Gasteiger partial charge in [0.2, 0.25) is 5.91 Å². The second kappa shape index (κ2) is 5.78. The summed E-state index contributed by atoms with van der Waals surface area (Å²) >= 11 is 0. The third-order valence-electron chi connectivity index (χ3n) is 3.21. The van der Waals surface area contributed by atoms with Crippen molar-refractivity contribution in [3.8, 4) is 0 Å². The van der Waals surface area contributed by atoms with E-state index >= 15 is 0 Å². The van der Waals surface area contributed by atoms with Crippen molar-refractivity contribution >= 4 is 23.6 Å². The summed E-state index contributed by atoms with van der Waals surface area (Å²) in [6, 6.07) is 3.70. The molecule has 3 amide bonds. The first-order valence-electron chi connectivity index (χ1n) is 6.20. The molecule has 1 aromatic carbocycles. The summed E-state index contributed by atoms with van der Waals surface area (Å²) in [6.07, 6.45) is 0. The molecule has 0 bridgehead atoms. The molecule has 0 spiro atoms.